The van der Waals surface area contributed by atoms with Gasteiger partial charge in [-0.05, 0) is 87.2 Å². The van der Waals surface area contributed by atoms with Crippen molar-refractivity contribution in [3.8, 4) is 0 Å². The highest BCUT2D eigenvalue weighted by atomic mass is 35.5. The number of thiocarbonyl (C=S) groups is 1. The van der Waals surface area contributed by atoms with Crippen LogP contribution in [0.1, 0.15) is 42.5 Å². The number of anilines is 1. The maximum absolute atomic E-state index is 6.27. The summed E-state index contributed by atoms with van der Waals surface area (Å²) < 4.78 is 0. The molecular formula is C22H30ClN3S2. The van der Waals surface area contributed by atoms with Crippen LogP contribution >= 0.6 is 35.2 Å². The highest BCUT2D eigenvalue weighted by Crippen LogP contribution is 2.21. The molecule has 0 radical (unpaired) electrons. The van der Waals surface area contributed by atoms with E-state index in [4.69, 9.17) is 23.8 Å². The van der Waals surface area contributed by atoms with Crippen molar-refractivity contribution in [2.45, 2.75) is 45.6 Å². The SMILES string of the molecule is Cc1ccc(NC(=S)N(CCCN2CCCCCC2)Cc2cccs2)cc1Cl. The zero-order valence-electron chi connectivity index (χ0n) is 16.6. The number of nitrogens with zero attached hydrogens (tertiary/aromatic N) is 2. The standard InChI is InChI=1S/C22H30ClN3S2/c1-18-9-10-19(16-21(18)23)24-22(27)26(17-20-8-6-15-28-20)14-7-13-25-11-4-2-3-5-12-25/h6,8-10,15-16H,2-5,7,11-14,17H2,1H3,(H,24,27). The lowest BCUT2D eigenvalue weighted by atomic mass is 10.2. The molecule has 2 aromatic rings. The molecule has 0 spiro atoms. The molecule has 1 fully saturated rings. The van der Waals surface area contributed by atoms with Crippen LogP contribution in [-0.4, -0.2) is 41.1 Å². The zero-order chi connectivity index (χ0) is 19.8. The fourth-order valence-electron chi connectivity index (χ4n) is 3.56. The lowest BCUT2D eigenvalue weighted by Crippen LogP contribution is -2.36. The number of halogens is 1. The first-order valence-corrected chi connectivity index (χ1v) is 11.9. The maximum atomic E-state index is 6.27. The summed E-state index contributed by atoms with van der Waals surface area (Å²) in [6, 6.07) is 10.3. The first kappa shape index (κ1) is 21.6. The fraction of sp³-hybridized carbons (Fsp3) is 0.500. The predicted molar refractivity (Wildman–Crippen MR) is 127 cm³/mol. The minimum Gasteiger partial charge on any atom is -0.344 e. The topological polar surface area (TPSA) is 18.5 Å². The zero-order valence-corrected chi connectivity index (χ0v) is 19.0. The molecule has 3 rings (SSSR count). The van der Waals surface area contributed by atoms with Gasteiger partial charge in [-0.3, -0.25) is 0 Å². The Morgan fingerprint density at radius 3 is 2.68 bits per heavy atom. The molecule has 0 unspecified atom stereocenters. The number of likely N-dealkylation sites (tertiary alicyclic amines) is 1. The van der Waals surface area contributed by atoms with Crippen LogP contribution in [-0.2, 0) is 6.54 Å². The van der Waals surface area contributed by atoms with E-state index < -0.39 is 0 Å². The van der Waals surface area contributed by atoms with E-state index in [1.165, 1.54) is 43.6 Å². The second-order valence-electron chi connectivity index (χ2n) is 7.50. The number of nitrogens with one attached hydrogen (secondary N) is 1. The van der Waals surface area contributed by atoms with Gasteiger partial charge in [0, 0.05) is 22.1 Å². The lowest BCUT2D eigenvalue weighted by Gasteiger charge is -2.27. The quantitative estimate of drug-likeness (QED) is 0.523. The van der Waals surface area contributed by atoms with E-state index in [0.717, 1.165) is 47.4 Å². The van der Waals surface area contributed by atoms with E-state index in [9.17, 15) is 0 Å². The van der Waals surface area contributed by atoms with Gasteiger partial charge in [-0.15, -0.1) is 11.3 Å². The number of hydrogen-bond acceptors (Lipinski definition) is 3. The molecule has 1 aromatic carbocycles. The Balaban J connectivity index is 1.58. The van der Waals surface area contributed by atoms with E-state index in [1.54, 1.807) is 11.3 Å². The molecule has 3 nitrogen and oxygen atoms in total. The average Bonchev–Trinajstić information content (AvgIpc) is 3.05. The van der Waals surface area contributed by atoms with Gasteiger partial charge in [-0.2, -0.15) is 0 Å². The Morgan fingerprint density at radius 1 is 1.21 bits per heavy atom. The van der Waals surface area contributed by atoms with Gasteiger partial charge in [0.2, 0.25) is 0 Å². The van der Waals surface area contributed by atoms with E-state index in [0.29, 0.717) is 0 Å². The third-order valence-corrected chi connectivity index (χ3v) is 6.87. The Bertz CT molecular complexity index is 740. The van der Waals surface area contributed by atoms with Crippen LogP contribution in [0.5, 0.6) is 0 Å². The number of hydrogen-bond donors (Lipinski definition) is 1. The number of benzene rings is 1. The molecule has 1 N–H and O–H groups in total. The van der Waals surface area contributed by atoms with Crippen molar-refractivity contribution in [1.82, 2.24) is 9.80 Å². The van der Waals surface area contributed by atoms with Gasteiger partial charge in [-0.1, -0.05) is 36.6 Å². The van der Waals surface area contributed by atoms with Crippen LogP contribution in [0.25, 0.3) is 0 Å². The van der Waals surface area contributed by atoms with Gasteiger partial charge in [0.05, 0.1) is 6.54 Å². The first-order chi connectivity index (χ1) is 13.6. The van der Waals surface area contributed by atoms with Crippen molar-refractivity contribution in [1.29, 1.82) is 0 Å². The molecule has 2 heterocycles. The van der Waals surface area contributed by atoms with Crippen molar-refractivity contribution in [2.24, 2.45) is 0 Å². The third-order valence-electron chi connectivity index (χ3n) is 5.24. The van der Waals surface area contributed by atoms with Crippen molar-refractivity contribution in [3.05, 3.63) is 51.2 Å². The van der Waals surface area contributed by atoms with Crippen LogP contribution in [0.2, 0.25) is 5.02 Å². The molecule has 1 aliphatic heterocycles. The van der Waals surface area contributed by atoms with E-state index >= 15 is 0 Å². The minimum absolute atomic E-state index is 0.763. The molecule has 152 valence electrons. The smallest absolute Gasteiger partial charge is 0.173 e. The summed E-state index contributed by atoms with van der Waals surface area (Å²) in [6.45, 7) is 7.46. The summed E-state index contributed by atoms with van der Waals surface area (Å²) in [6.07, 6.45) is 6.57. The molecule has 1 aromatic heterocycles. The van der Waals surface area contributed by atoms with Gasteiger partial charge in [0.1, 0.15) is 0 Å². The molecule has 1 saturated heterocycles. The van der Waals surface area contributed by atoms with Crippen LogP contribution in [0.3, 0.4) is 0 Å². The minimum atomic E-state index is 0.763. The van der Waals surface area contributed by atoms with Gasteiger partial charge in [-0.25, -0.2) is 0 Å². The van der Waals surface area contributed by atoms with E-state index in [1.807, 2.05) is 25.1 Å². The summed E-state index contributed by atoms with van der Waals surface area (Å²) in [5.41, 5.74) is 2.02. The molecule has 0 aliphatic carbocycles. The van der Waals surface area contributed by atoms with Gasteiger partial charge >= 0.3 is 0 Å². The summed E-state index contributed by atoms with van der Waals surface area (Å²) in [4.78, 5) is 6.24. The monoisotopic (exact) mass is 435 g/mol. The molecule has 6 heteroatoms. The van der Waals surface area contributed by atoms with Crippen LogP contribution < -0.4 is 5.32 Å². The van der Waals surface area contributed by atoms with Crippen molar-refractivity contribution < 1.29 is 0 Å². The van der Waals surface area contributed by atoms with Crippen molar-refractivity contribution in [3.63, 3.8) is 0 Å². The predicted octanol–water partition coefficient (Wildman–Crippen LogP) is 6.18. The van der Waals surface area contributed by atoms with E-state index in [2.05, 4.69) is 32.6 Å². The Kier molecular flexibility index (Phi) is 8.59. The largest absolute Gasteiger partial charge is 0.344 e. The highest BCUT2D eigenvalue weighted by molar-refractivity contribution is 7.80. The molecule has 0 saturated carbocycles. The molecular weight excluding hydrogens is 406 g/mol. The van der Waals surface area contributed by atoms with Crippen LogP contribution in [0, 0.1) is 6.92 Å². The Labute approximate surface area is 183 Å². The highest BCUT2D eigenvalue weighted by Gasteiger charge is 2.14. The second kappa shape index (κ2) is 11.1. The molecule has 28 heavy (non-hydrogen) atoms. The molecule has 1 aliphatic rings. The van der Waals surface area contributed by atoms with Crippen molar-refractivity contribution >= 4 is 46.0 Å². The van der Waals surface area contributed by atoms with Gasteiger partial charge < -0.3 is 15.1 Å². The van der Waals surface area contributed by atoms with Crippen LogP contribution in [0.4, 0.5) is 5.69 Å². The summed E-state index contributed by atoms with van der Waals surface area (Å²) in [5, 5.41) is 7.04. The Hall–Kier alpha value is -1.14. The fourth-order valence-corrected chi connectivity index (χ4v) is 4.73. The Morgan fingerprint density at radius 2 is 2.00 bits per heavy atom. The van der Waals surface area contributed by atoms with Crippen LogP contribution in [0.15, 0.2) is 35.7 Å². The van der Waals surface area contributed by atoms with Gasteiger partial charge in [0.25, 0.3) is 0 Å². The first-order valence-electron chi connectivity index (χ1n) is 10.2. The molecule has 0 atom stereocenters. The summed E-state index contributed by atoms with van der Waals surface area (Å²) in [7, 11) is 0. The second-order valence-corrected chi connectivity index (χ2v) is 9.33. The molecule has 0 bridgehead atoms. The number of rotatable bonds is 7. The molecule has 0 amide bonds. The lowest BCUT2D eigenvalue weighted by molar-refractivity contribution is 0.266. The summed E-state index contributed by atoms with van der Waals surface area (Å²) in [5.74, 6) is 0. The normalized spacial score (nSPS) is 15.2. The van der Waals surface area contributed by atoms with E-state index in [-0.39, 0.29) is 0 Å². The summed E-state index contributed by atoms with van der Waals surface area (Å²) >= 11 is 13.8. The average molecular weight is 436 g/mol. The number of thiophene rings is 1. The third kappa shape index (κ3) is 6.73. The maximum Gasteiger partial charge on any atom is 0.173 e. The van der Waals surface area contributed by atoms with Crippen molar-refractivity contribution in [2.75, 3.05) is 31.5 Å². The number of aryl methyl sites for hydroxylation is 1. The van der Waals surface area contributed by atoms with Gasteiger partial charge in [0.15, 0.2) is 5.11 Å².